The van der Waals surface area contributed by atoms with Crippen LogP contribution in [0, 0.1) is 0 Å². The minimum absolute atomic E-state index is 0.280. The molecule has 1 heterocycles. The number of rotatable bonds is 1. The average molecular weight is 221 g/mol. The van der Waals surface area contributed by atoms with Crippen LogP contribution in [0.15, 0.2) is 60.8 Å². The van der Waals surface area contributed by atoms with Crippen molar-refractivity contribution in [1.29, 1.82) is 0 Å². The van der Waals surface area contributed by atoms with Gasteiger partial charge in [-0.2, -0.15) is 0 Å². The Balaban J connectivity index is 2.14. The number of phenols is 1. The molecule has 0 spiro atoms. The Bertz CT molecular complexity index is 659. The third-order valence-electron chi connectivity index (χ3n) is 2.79. The van der Waals surface area contributed by atoms with E-state index in [2.05, 4.69) is 11.1 Å². The highest BCUT2D eigenvalue weighted by atomic mass is 16.3. The molecular formula is C15H11NO. The Morgan fingerprint density at radius 3 is 2.41 bits per heavy atom. The molecule has 2 nitrogen and oxygen atoms in total. The fraction of sp³-hybridized carbons (Fsp3) is 0. The maximum Gasteiger partial charge on any atom is 0.115 e. The van der Waals surface area contributed by atoms with E-state index in [0.717, 1.165) is 22.0 Å². The third kappa shape index (κ3) is 1.85. The summed E-state index contributed by atoms with van der Waals surface area (Å²) in [5.74, 6) is 0.280. The number of aromatic hydroxyl groups is 1. The summed E-state index contributed by atoms with van der Waals surface area (Å²) in [5.41, 5.74) is 3.11. The van der Waals surface area contributed by atoms with Crippen LogP contribution >= 0.6 is 0 Å². The highest BCUT2D eigenvalue weighted by Gasteiger charge is 2.00. The summed E-state index contributed by atoms with van der Waals surface area (Å²) >= 11 is 0. The van der Waals surface area contributed by atoms with Gasteiger partial charge in [0.15, 0.2) is 0 Å². The molecule has 0 aliphatic heterocycles. The van der Waals surface area contributed by atoms with Crippen LogP contribution < -0.4 is 0 Å². The molecule has 2 heteroatoms. The Labute approximate surface area is 99.2 Å². The Hall–Kier alpha value is -2.35. The maximum absolute atomic E-state index is 9.26. The van der Waals surface area contributed by atoms with E-state index >= 15 is 0 Å². The van der Waals surface area contributed by atoms with Crippen LogP contribution in [0.4, 0.5) is 0 Å². The maximum atomic E-state index is 9.26. The fourth-order valence-electron chi connectivity index (χ4n) is 1.88. The number of fused-ring (bicyclic) bond motifs is 1. The molecule has 0 saturated heterocycles. The monoisotopic (exact) mass is 221 g/mol. The summed E-state index contributed by atoms with van der Waals surface area (Å²) < 4.78 is 0. The van der Waals surface area contributed by atoms with Crippen LogP contribution in [0.2, 0.25) is 0 Å². The van der Waals surface area contributed by atoms with Gasteiger partial charge < -0.3 is 5.11 Å². The van der Waals surface area contributed by atoms with E-state index < -0.39 is 0 Å². The minimum atomic E-state index is 0.280. The summed E-state index contributed by atoms with van der Waals surface area (Å²) in [6.45, 7) is 0. The van der Waals surface area contributed by atoms with Crippen molar-refractivity contribution < 1.29 is 5.11 Å². The zero-order valence-electron chi connectivity index (χ0n) is 9.17. The standard InChI is InChI=1S/C15H11NO/c17-14-7-5-11(6-8-14)13-9-12-3-1-2-4-15(12)16-10-13/h1-10,17H. The summed E-state index contributed by atoms with van der Waals surface area (Å²) in [6.07, 6.45) is 1.86. The smallest absolute Gasteiger partial charge is 0.115 e. The van der Waals surface area contributed by atoms with Gasteiger partial charge >= 0.3 is 0 Å². The highest BCUT2D eigenvalue weighted by Crippen LogP contribution is 2.24. The molecule has 2 aromatic carbocycles. The predicted octanol–water partition coefficient (Wildman–Crippen LogP) is 3.61. The van der Waals surface area contributed by atoms with Crippen molar-refractivity contribution in [2.24, 2.45) is 0 Å². The quantitative estimate of drug-likeness (QED) is 0.681. The van der Waals surface area contributed by atoms with Gasteiger partial charge in [-0.05, 0) is 29.8 Å². The van der Waals surface area contributed by atoms with Crippen LogP contribution in [0.25, 0.3) is 22.0 Å². The van der Waals surface area contributed by atoms with E-state index in [0.29, 0.717) is 0 Å². The Kier molecular flexibility index (Phi) is 2.26. The second kappa shape index (κ2) is 3.91. The minimum Gasteiger partial charge on any atom is -0.508 e. The first-order chi connectivity index (χ1) is 8.33. The number of hydrogen-bond acceptors (Lipinski definition) is 2. The van der Waals surface area contributed by atoms with Crippen LogP contribution in [-0.2, 0) is 0 Å². The third-order valence-corrected chi connectivity index (χ3v) is 2.79. The topological polar surface area (TPSA) is 33.1 Å². The second-order valence-electron chi connectivity index (χ2n) is 3.96. The van der Waals surface area contributed by atoms with Crippen LogP contribution in [0.1, 0.15) is 0 Å². The van der Waals surface area contributed by atoms with Gasteiger partial charge in [-0.1, -0.05) is 30.3 Å². The lowest BCUT2D eigenvalue weighted by Gasteiger charge is -2.03. The van der Waals surface area contributed by atoms with Crippen molar-refractivity contribution in [2.75, 3.05) is 0 Å². The molecule has 82 valence electrons. The highest BCUT2D eigenvalue weighted by molar-refractivity contribution is 5.83. The Morgan fingerprint density at radius 2 is 1.59 bits per heavy atom. The van der Waals surface area contributed by atoms with E-state index in [9.17, 15) is 5.11 Å². The lowest BCUT2D eigenvalue weighted by molar-refractivity contribution is 0.475. The number of nitrogens with zero attached hydrogens (tertiary/aromatic N) is 1. The van der Waals surface area contributed by atoms with Gasteiger partial charge in [-0.15, -0.1) is 0 Å². The number of benzene rings is 2. The molecule has 0 fully saturated rings. The van der Waals surface area contributed by atoms with Crippen molar-refractivity contribution in [3.05, 3.63) is 60.8 Å². The molecule has 0 unspecified atom stereocenters. The van der Waals surface area contributed by atoms with Crippen LogP contribution in [-0.4, -0.2) is 10.1 Å². The number of pyridine rings is 1. The lowest BCUT2D eigenvalue weighted by atomic mass is 10.1. The average Bonchev–Trinajstić information content (AvgIpc) is 2.39. The van der Waals surface area contributed by atoms with Gasteiger partial charge in [-0.3, -0.25) is 4.98 Å². The zero-order chi connectivity index (χ0) is 11.7. The molecule has 1 N–H and O–H groups in total. The van der Waals surface area contributed by atoms with Gasteiger partial charge in [0.25, 0.3) is 0 Å². The molecule has 3 rings (SSSR count). The summed E-state index contributed by atoms with van der Waals surface area (Å²) in [7, 11) is 0. The normalized spacial score (nSPS) is 10.6. The van der Waals surface area contributed by atoms with Gasteiger partial charge in [0, 0.05) is 17.1 Å². The van der Waals surface area contributed by atoms with Crippen molar-refractivity contribution in [1.82, 2.24) is 4.98 Å². The SMILES string of the molecule is Oc1ccc(-c2cnc3ccccc3c2)cc1. The lowest BCUT2D eigenvalue weighted by Crippen LogP contribution is -1.82. The summed E-state index contributed by atoms with van der Waals surface area (Å²) in [4.78, 5) is 4.42. The summed E-state index contributed by atoms with van der Waals surface area (Å²) in [6, 6.07) is 17.3. The molecule has 0 bridgehead atoms. The first-order valence-corrected chi connectivity index (χ1v) is 5.47. The van der Waals surface area contributed by atoms with Gasteiger partial charge in [0.1, 0.15) is 5.75 Å². The molecule has 0 radical (unpaired) electrons. The van der Waals surface area contributed by atoms with Gasteiger partial charge in [0.2, 0.25) is 0 Å². The molecule has 0 aliphatic rings. The zero-order valence-corrected chi connectivity index (χ0v) is 9.17. The number of aromatic nitrogens is 1. The number of phenolic OH excluding ortho intramolecular Hbond substituents is 1. The first-order valence-electron chi connectivity index (χ1n) is 5.47. The van der Waals surface area contributed by atoms with Crippen molar-refractivity contribution in [3.63, 3.8) is 0 Å². The molecule has 0 saturated carbocycles. The predicted molar refractivity (Wildman–Crippen MR) is 68.8 cm³/mol. The van der Waals surface area contributed by atoms with E-state index in [-0.39, 0.29) is 5.75 Å². The summed E-state index contributed by atoms with van der Waals surface area (Å²) in [5, 5.41) is 10.4. The Morgan fingerprint density at radius 1 is 0.824 bits per heavy atom. The molecule has 0 aliphatic carbocycles. The first kappa shape index (κ1) is 9.85. The van der Waals surface area contributed by atoms with E-state index in [1.807, 2.05) is 42.6 Å². The van der Waals surface area contributed by atoms with Crippen molar-refractivity contribution in [2.45, 2.75) is 0 Å². The molecule has 0 atom stereocenters. The van der Waals surface area contributed by atoms with Gasteiger partial charge in [-0.25, -0.2) is 0 Å². The molecular weight excluding hydrogens is 210 g/mol. The van der Waals surface area contributed by atoms with Crippen molar-refractivity contribution >= 4 is 10.9 Å². The van der Waals surface area contributed by atoms with Crippen LogP contribution in [0.5, 0.6) is 5.75 Å². The molecule has 0 amide bonds. The largest absolute Gasteiger partial charge is 0.508 e. The van der Waals surface area contributed by atoms with Crippen LogP contribution in [0.3, 0.4) is 0 Å². The number of hydrogen-bond donors (Lipinski definition) is 1. The number of para-hydroxylation sites is 1. The molecule has 3 aromatic rings. The van der Waals surface area contributed by atoms with E-state index in [1.54, 1.807) is 12.1 Å². The fourth-order valence-corrected chi connectivity index (χ4v) is 1.88. The van der Waals surface area contributed by atoms with Gasteiger partial charge in [0.05, 0.1) is 5.52 Å². The van der Waals surface area contributed by atoms with Crippen molar-refractivity contribution in [3.8, 4) is 16.9 Å². The van der Waals surface area contributed by atoms with E-state index in [1.165, 1.54) is 0 Å². The molecule has 1 aromatic heterocycles. The molecule has 17 heavy (non-hydrogen) atoms. The second-order valence-corrected chi connectivity index (χ2v) is 3.96. The van der Waals surface area contributed by atoms with E-state index in [4.69, 9.17) is 0 Å².